The van der Waals surface area contributed by atoms with Gasteiger partial charge in [0.25, 0.3) is 16.3 Å². The fraction of sp³-hybridized carbons (Fsp3) is 0.833. The summed E-state index contributed by atoms with van der Waals surface area (Å²) in [5.74, 6) is -7.49. The van der Waals surface area contributed by atoms with E-state index in [1.54, 1.807) is 0 Å². The molecule has 0 spiro atoms. The molecule has 156 valence electrons. The second-order valence-corrected chi connectivity index (χ2v) is 7.63. The third-order valence-electron chi connectivity index (χ3n) is 4.49. The van der Waals surface area contributed by atoms with Gasteiger partial charge in [-0.25, -0.2) is 9.59 Å². The minimum Gasteiger partial charge on any atom is -0.445 e. The van der Waals surface area contributed by atoms with Gasteiger partial charge in [-0.15, -0.1) is 0 Å². The Morgan fingerprint density at radius 1 is 1.15 bits per heavy atom. The first-order chi connectivity index (χ1) is 12.2. The van der Waals surface area contributed by atoms with Gasteiger partial charge in [0.05, 0.1) is 19.3 Å². The Kier molecular flexibility index (Phi) is 5.32. The highest BCUT2D eigenvalue weighted by Crippen LogP contribution is 2.48. The Morgan fingerprint density at radius 3 is 2.15 bits per heavy atom. The zero-order chi connectivity index (χ0) is 21.0. The van der Waals surface area contributed by atoms with Crippen molar-refractivity contribution in [2.75, 3.05) is 13.2 Å². The minimum absolute atomic E-state index is 0.958. The normalized spacial score (nSPS) is 45.9. The third-order valence-corrected chi connectivity index (χ3v) is 5.80. The summed E-state index contributed by atoms with van der Waals surface area (Å²) in [6, 6.07) is 0. The SMILES string of the molecule is C[C@H]1O[C@@](O)(C2(CO)OC(=O)C(CO)OC2=O)[C@](O)(S(=O)(=O)O)[C@@H](O)[C@@H]1O. The Morgan fingerprint density at radius 2 is 1.70 bits per heavy atom. The largest absolute Gasteiger partial charge is 0.445 e. The van der Waals surface area contributed by atoms with Crippen molar-refractivity contribution in [1.82, 2.24) is 0 Å². The average molecular weight is 418 g/mol. The third kappa shape index (κ3) is 2.66. The van der Waals surface area contributed by atoms with Crippen LogP contribution in [0.5, 0.6) is 0 Å². The lowest BCUT2D eigenvalue weighted by Crippen LogP contribution is -2.85. The second-order valence-electron chi connectivity index (χ2n) is 6.06. The molecule has 27 heavy (non-hydrogen) atoms. The monoisotopic (exact) mass is 418 g/mol. The highest BCUT2D eigenvalue weighted by molar-refractivity contribution is 7.87. The highest BCUT2D eigenvalue weighted by atomic mass is 32.2. The molecule has 0 amide bonds. The number of rotatable bonds is 4. The predicted octanol–water partition coefficient (Wildman–Crippen LogP) is -5.42. The Bertz CT molecular complexity index is 736. The van der Waals surface area contributed by atoms with E-state index in [0.717, 1.165) is 6.92 Å². The standard InChI is InChI=1S/C12H18O14S/c1-4-6(15)7(16)11(19,27(21,22)23)12(20,25-4)10(3-14)9(18)24-5(2-13)8(17)26-10/h4-7,13-16,19-20H,2-3H2,1H3,(H,21,22,23)/t4-,5?,6-,7+,10?,11-,12+/m1/s1. The molecule has 0 saturated carbocycles. The lowest BCUT2D eigenvalue weighted by atomic mass is 9.80. The van der Waals surface area contributed by atoms with Crippen LogP contribution >= 0.6 is 0 Å². The molecule has 0 aromatic rings. The summed E-state index contributed by atoms with van der Waals surface area (Å²) in [7, 11) is -5.99. The molecule has 2 fully saturated rings. The number of hydrogen-bond donors (Lipinski definition) is 7. The molecule has 0 bridgehead atoms. The van der Waals surface area contributed by atoms with E-state index in [0.29, 0.717) is 0 Å². The number of ether oxygens (including phenoxy) is 3. The first-order valence-corrected chi connectivity index (χ1v) is 8.79. The molecule has 2 heterocycles. The quantitative estimate of drug-likeness (QED) is 0.167. The van der Waals surface area contributed by atoms with Gasteiger partial charge in [0.15, 0.2) is 0 Å². The van der Waals surface area contributed by atoms with E-state index in [1.807, 2.05) is 0 Å². The summed E-state index contributed by atoms with van der Waals surface area (Å²) >= 11 is 0. The van der Waals surface area contributed by atoms with Gasteiger partial charge >= 0.3 is 22.1 Å². The fourth-order valence-corrected chi connectivity index (χ4v) is 3.91. The molecule has 7 N–H and O–H groups in total. The van der Waals surface area contributed by atoms with Crippen LogP contribution in [0, 0.1) is 0 Å². The summed E-state index contributed by atoms with van der Waals surface area (Å²) < 4.78 is 46.8. The second kappa shape index (κ2) is 6.57. The Labute approximate surface area is 151 Å². The van der Waals surface area contributed by atoms with Crippen molar-refractivity contribution in [2.24, 2.45) is 0 Å². The Balaban J connectivity index is 2.76. The lowest BCUT2D eigenvalue weighted by Gasteiger charge is -2.56. The van der Waals surface area contributed by atoms with E-state index >= 15 is 0 Å². The molecular weight excluding hydrogens is 400 g/mol. The molecular formula is C12H18O14S. The van der Waals surface area contributed by atoms with E-state index in [4.69, 9.17) is 9.84 Å². The van der Waals surface area contributed by atoms with Crippen LogP contribution in [-0.2, 0) is 33.9 Å². The molecule has 2 unspecified atom stereocenters. The first-order valence-electron chi connectivity index (χ1n) is 7.35. The lowest BCUT2D eigenvalue weighted by molar-refractivity contribution is -0.410. The topological polar surface area (TPSA) is 238 Å². The van der Waals surface area contributed by atoms with Crippen molar-refractivity contribution >= 4 is 22.1 Å². The fourth-order valence-electron chi connectivity index (χ4n) is 2.90. The van der Waals surface area contributed by atoms with Crippen molar-refractivity contribution in [1.29, 1.82) is 0 Å². The maximum absolute atomic E-state index is 12.3. The molecule has 7 atom stereocenters. The number of esters is 2. The minimum atomic E-state index is -5.99. The summed E-state index contributed by atoms with van der Waals surface area (Å²) in [5, 5.41) is 59.7. The number of carbonyl (C=O) groups excluding carboxylic acids is 2. The maximum atomic E-state index is 12.3. The summed E-state index contributed by atoms with van der Waals surface area (Å²) in [6.07, 6.45) is -8.73. The smallest absolute Gasteiger partial charge is 0.360 e. The average Bonchev–Trinajstić information content (AvgIpc) is 2.58. The number of hydrogen-bond acceptors (Lipinski definition) is 13. The predicted molar refractivity (Wildman–Crippen MR) is 76.9 cm³/mol. The van der Waals surface area contributed by atoms with Crippen LogP contribution in [0.4, 0.5) is 0 Å². The molecule has 2 aliphatic heterocycles. The van der Waals surface area contributed by atoms with E-state index < -0.39 is 76.0 Å². The van der Waals surface area contributed by atoms with Gasteiger partial charge in [-0.2, -0.15) is 8.42 Å². The van der Waals surface area contributed by atoms with Gasteiger partial charge < -0.3 is 44.8 Å². The number of aliphatic hydroxyl groups excluding tert-OH is 4. The molecule has 0 aromatic carbocycles. The summed E-state index contributed by atoms with van der Waals surface area (Å²) in [6.45, 7) is -1.87. The molecule has 15 heteroatoms. The van der Waals surface area contributed by atoms with Gasteiger partial charge in [0.2, 0.25) is 6.10 Å². The van der Waals surface area contributed by atoms with Crippen LogP contribution in [0.2, 0.25) is 0 Å². The van der Waals surface area contributed by atoms with Crippen LogP contribution in [0.25, 0.3) is 0 Å². The van der Waals surface area contributed by atoms with Crippen LogP contribution < -0.4 is 0 Å². The summed E-state index contributed by atoms with van der Waals surface area (Å²) in [4.78, 5) is 19.9. The highest BCUT2D eigenvalue weighted by Gasteiger charge is 2.82. The van der Waals surface area contributed by atoms with Gasteiger partial charge in [-0.05, 0) is 6.92 Å². The van der Waals surface area contributed by atoms with Crippen molar-refractivity contribution < 1.29 is 67.4 Å². The van der Waals surface area contributed by atoms with E-state index in [9.17, 15) is 48.1 Å². The number of cyclic esters (lactones) is 2. The van der Waals surface area contributed by atoms with E-state index in [1.165, 1.54) is 0 Å². The van der Waals surface area contributed by atoms with Crippen molar-refractivity contribution in [3.8, 4) is 0 Å². The molecule has 0 aromatic heterocycles. The first kappa shape index (κ1) is 21.9. The molecule has 0 aliphatic carbocycles. The zero-order valence-electron chi connectivity index (χ0n) is 13.6. The van der Waals surface area contributed by atoms with Crippen LogP contribution in [0.1, 0.15) is 6.92 Å². The maximum Gasteiger partial charge on any atom is 0.360 e. The molecule has 0 radical (unpaired) electrons. The van der Waals surface area contributed by atoms with Gasteiger partial charge in [-0.3, -0.25) is 4.55 Å². The van der Waals surface area contributed by atoms with E-state index in [2.05, 4.69) is 9.47 Å². The van der Waals surface area contributed by atoms with Crippen LogP contribution in [0.15, 0.2) is 0 Å². The number of aliphatic hydroxyl groups is 6. The van der Waals surface area contributed by atoms with Crippen molar-refractivity contribution in [3.63, 3.8) is 0 Å². The molecule has 14 nitrogen and oxygen atoms in total. The van der Waals surface area contributed by atoms with Crippen molar-refractivity contribution in [3.05, 3.63) is 0 Å². The van der Waals surface area contributed by atoms with Gasteiger partial charge in [0, 0.05) is 0 Å². The molecule has 2 saturated heterocycles. The molecule has 2 aliphatic rings. The summed E-state index contributed by atoms with van der Waals surface area (Å²) in [5.41, 5.74) is -3.52. The Hall–Kier alpha value is -1.43. The van der Waals surface area contributed by atoms with Crippen LogP contribution in [-0.4, -0.2) is 109 Å². The van der Waals surface area contributed by atoms with Crippen LogP contribution in [0.3, 0.4) is 0 Å². The number of carbonyl (C=O) groups is 2. The molecule has 2 rings (SSSR count). The van der Waals surface area contributed by atoms with E-state index in [-0.39, 0.29) is 0 Å². The van der Waals surface area contributed by atoms with Gasteiger partial charge in [0.1, 0.15) is 12.2 Å². The zero-order valence-corrected chi connectivity index (χ0v) is 14.4. The van der Waals surface area contributed by atoms with Gasteiger partial charge in [-0.1, -0.05) is 0 Å². The van der Waals surface area contributed by atoms with Crippen molar-refractivity contribution in [2.45, 2.75) is 47.7 Å².